The van der Waals surface area contributed by atoms with Gasteiger partial charge in [0.25, 0.3) is 0 Å². The van der Waals surface area contributed by atoms with E-state index in [1.54, 1.807) is 0 Å². The van der Waals surface area contributed by atoms with Crippen LogP contribution >= 0.6 is 0 Å². The molecule has 0 aromatic rings. The molecule has 13 heteroatoms. The fourth-order valence-electron chi connectivity index (χ4n) is 4.46. The number of hydrogen-bond acceptors (Lipinski definition) is 9. The second-order valence-corrected chi connectivity index (χ2v) is 9.67. The molecule has 0 radical (unpaired) electrons. The minimum Gasteiger partial charge on any atom is -0.481 e. The minimum atomic E-state index is -2.36. The van der Waals surface area contributed by atoms with E-state index in [1.165, 1.54) is 27.7 Å². The predicted octanol–water partition coefficient (Wildman–Crippen LogP) is 2.47. The van der Waals surface area contributed by atoms with Crippen LogP contribution in [0.25, 0.3) is 0 Å². The maximum absolute atomic E-state index is 12.5. The number of allylic oxidation sites excluding steroid dienone is 2. The van der Waals surface area contributed by atoms with Crippen molar-refractivity contribution >= 4 is 35.8 Å². The summed E-state index contributed by atoms with van der Waals surface area (Å²) in [6, 6.07) is 0. The number of hydrogen-bond donors (Lipinski definition) is 4. The van der Waals surface area contributed by atoms with Gasteiger partial charge in [-0.2, -0.15) is 0 Å². The lowest BCUT2D eigenvalue weighted by Gasteiger charge is -2.38. The van der Waals surface area contributed by atoms with Crippen molar-refractivity contribution < 1.29 is 63.4 Å². The zero-order valence-corrected chi connectivity index (χ0v) is 22.7. The number of carbonyl (C=O) groups excluding carboxylic acids is 2. The molecule has 0 fully saturated rings. The van der Waals surface area contributed by atoms with Crippen molar-refractivity contribution in [1.29, 1.82) is 0 Å². The number of aliphatic carboxylic acids is 4. The van der Waals surface area contributed by atoms with Crippen LogP contribution in [-0.2, 0) is 43.0 Å². The molecule has 2 rings (SSSR count). The van der Waals surface area contributed by atoms with E-state index in [9.17, 15) is 49.2 Å². The summed E-state index contributed by atoms with van der Waals surface area (Å²) in [6.45, 7) is 11.9. The van der Waals surface area contributed by atoms with Crippen molar-refractivity contribution in [3.63, 3.8) is 0 Å². The van der Waals surface area contributed by atoms with Gasteiger partial charge in [-0.05, 0) is 52.0 Å². The Balaban J connectivity index is 2.56. The number of carboxylic acids is 4. The molecule has 0 aromatic heterocycles. The first-order chi connectivity index (χ1) is 18.9. The molecule has 2 aliphatic carbocycles. The molecule has 6 atom stereocenters. The average Bonchev–Trinajstić information content (AvgIpc) is 2.87. The molecule has 13 nitrogen and oxygen atoms in total. The maximum atomic E-state index is 12.5. The van der Waals surface area contributed by atoms with Crippen LogP contribution in [0.15, 0.2) is 72.3 Å². The third kappa shape index (κ3) is 6.13. The summed E-state index contributed by atoms with van der Waals surface area (Å²) in [5.41, 5.74) is -4.71. The first kappa shape index (κ1) is 32.3. The van der Waals surface area contributed by atoms with Crippen LogP contribution in [-0.4, -0.2) is 68.4 Å². The van der Waals surface area contributed by atoms with Crippen molar-refractivity contribution in [2.75, 3.05) is 0 Å². The fourth-order valence-corrected chi connectivity index (χ4v) is 4.46. The largest absolute Gasteiger partial charge is 0.481 e. The summed E-state index contributed by atoms with van der Waals surface area (Å²) in [5, 5.41) is 39.8. The fraction of sp³-hybridized carbons (Fsp3) is 0.357. The average molecular weight is 575 g/mol. The monoisotopic (exact) mass is 574 g/mol. The molecule has 0 spiro atoms. The summed E-state index contributed by atoms with van der Waals surface area (Å²) in [5.74, 6) is -12.3. The van der Waals surface area contributed by atoms with Gasteiger partial charge in [0, 0.05) is 11.1 Å². The maximum Gasteiger partial charge on any atom is 0.333 e. The van der Waals surface area contributed by atoms with E-state index in [0.717, 1.165) is 36.5 Å². The summed E-state index contributed by atoms with van der Waals surface area (Å²) in [7, 11) is 0. The molecule has 0 aliphatic heterocycles. The molecular weight excluding hydrogens is 544 g/mol. The number of rotatable bonds is 12. The van der Waals surface area contributed by atoms with Gasteiger partial charge in [-0.25, -0.2) is 9.59 Å². The lowest BCUT2D eigenvalue weighted by Crippen LogP contribution is -2.51. The van der Waals surface area contributed by atoms with Gasteiger partial charge in [-0.15, -0.1) is 0 Å². The highest BCUT2D eigenvalue weighted by molar-refractivity contribution is 5.91. The van der Waals surface area contributed by atoms with Crippen LogP contribution in [0.4, 0.5) is 0 Å². The van der Waals surface area contributed by atoms with Crippen LogP contribution in [0.5, 0.6) is 0 Å². The number of carbonyl (C=O) groups is 6. The zero-order valence-electron chi connectivity index (χ0n) is 22.7. The Bertz CT molecular complexity index is 1330. The summed E-state index contributed by atoms with van der Waals surface area (Å²) in [4.78, 5) is 73.2. The van der Waals surface area contributed by atoms with E-state index in [4.69, 9.17) is 14.2 Å². The van der Waals surface area contributed by atoms with Gasteiger partial charge in [0.2, 0.25) is 0 Å². The highest BCUT2D eigenvalue weighted by Crippen LogP contribution is 2.44. The quantitative estimate of drug-likeness (QED) is 0.195. The molecule has 4 N–H and O–H groups in total. The predicted molar refractivity (Wildman–Crippen MR) is 139 cm³/mol. The van der Waals surface area contributed by atoms with Crippen molar-refractivity contribution in [3.8, 4) is 0 Å². The Morgan fingerprint density at radius 1 is 0.756 bits per heavy atom. The molecular formula is C28H30O13. The first-order valence-corrected chi connectivity index (χ1v) is 12.1. The third-order valence-electron chi connectivity index (χ3n) is 6.84. The summed E-state index contributed by atoms with van der Waals surface area (Å²) >= 11 is 0. The number of carboxylic acid groups (broad SMARTS) is 4. The van der Waals surface area contributed by atoms with E-state index >= 15 is 0 Å². The zero-order chi connectivity index (χ0) is 31.4. The third-order valence-corrected chi connectivity index (χ3v) is 6.84. The van der Waals surface area contributed by atoms with E-state index in [1.807, 2.05) is 0 Å². The van der Waals surface area contributed by atoms with E-state index in [0.29, 0.717) is 0 Å². The van der Waals surface area contributed by atoms with Crippen LogP contribution in [0.2, 0.25) is 0 Å². The smallest absolute Gasteiger partial charge is 0.333 e. The standard InChI is InChI=1S/C28H30O13/c1-13(2)23(33)39-15(5)27(25(35)36)10-9-17(11-20(27)22(31)32)41-18-7-8-19(21(29)30)28(12-18,26(37)38)16(6)40-24(34)14(3)4/h7-12,15-16,19-20H,1,3H2,2,4-6H3,(H,29,30)(H,31,32)(H,35,36)(H,37,38). The summed E-state index contributed by atoms with van der Waals surface area (Å²) in [6.07, 6.45) is 3.07. The van der Waals surface area contributed by atoms with Crippen LogP contribution in [0, 0.1) is 22.7 Å². The Labute approximate surface area is 234 Å². The van der Waals surface area contributed by atoms with Gasteiger partial charge in [0.05, 0.1) is 5.92 Å². The molecule has 0 heterocycles. The number of ether oxygens (including phenoxy) is 3. The van der Waals surface area contributed by atoms with Gasteiger partial charge >= 0.3 is 35.8 Å². The second-order valence-electron chi connectivity index (χ2n) is 9.67. The first-order valence-electron chi connectivity index (χ1n) is 12.1. The highest BCUT2D eigenvalue weighted by Gasteiger charge is 2.56. The van der Waals surface area contributed by atoms with Crippen molar-refractivity contribution in [2.24, 2.45) is 22.7 Å². The van der Waals surface area contributed by atoms with Gasteiger partial charge in [-0.3, -0.25) is 19.2 Å². The Hall–Kier alpha value is -4.94. The molecule has 6 unspecified atom stereocenters. The lowest BCUT2D eigenvalue weighted by molar-refractivity contribution is -0.171. The van der Waals surface area contributed by atoms with Gasteiger partial charge in [0.15, 0.2) is 0 Å². The molecule has 0 bridgehead atoms. The summed E-state index contributed by atoms with van der Waals surface area (Å²) < 4.78 is 16.0. The van der Waals surface area contributed by atoms with Crippen molar-refractivity contribution in [2.45, 2.75) is 39.9 Å². The minimum absolute atomic E-state index is 0.0376. The van der Waals surface area contributed by atoms with Gasteiger partial charge in [-0.1, -0.05) is 25.3 Å². The molecule has 2 aliphatic rings. The molecule has 0 aromatic carbocycles. The second kappa shape index (κ2) is 12.1. The Morgan fingerprint density at radius 3 is 1.63 bits per heavy atom. The van der Waals surface area contributed by atoms with Gasteiger partial charge < -0.3 is 34.6 Å². The SMILES string of the molecule is C=C(C)C(=O)OC(C)C1(C(=O)O)C=CC(OC2=CC(C(=O)O)(C(C)OC(=O)C(=C)C)C(C(=O)O)C=C2)=CC1C(=O)O. The highest BCUT2D eigenvalue weighted by atomic mass is 16.6. The Morgan fingerprint density at radius 2 is 1.22 bits per heavy atom. The van der Waals surface area contributed by atoms with Crippen molar-refractivity contribution in [1.82, 2.24) is 0 Å². The van der Waals surface area contributed by atoms with Crippen LogP contribution in [0.1, 0.15) is 27.7 Å². The number of esters is 2. The topological polar surface area (TPSA) is 211 Å². The molecule has 41 heavy (non-hydrogen) atoms. The molecule has 0 saturated heterocycles. The normalized spacial score (nSPS) is 26.3. The van der Waals surface area contributed by atoms with Crippen molar-refractivity contribution in [3.05, 3.63) is 72.3 Å². The van der Waals surface area contributed by atoms with E-state index in [2.05, 4.69) is 13.2 Å². The lowest BCUT2D eigenvalue weighted by atomic mass is 9.68. The van der Waals surface area contributed by atoms with E-state index in [-0.39, 0.29) is 22.7 Å². The van der Waals surface area contributed by atoms with E-state index < -0.39 is 70.7 Å². The molecule has 0 amide bonds. The van der Waals surface area contributed by atoms with Crippen LogP contribution < -0.4 is 0 Å². The molecule has 0 saturated carbocycles. The van der Waals surface area contributed by atoms with Crippen LogP contribution in [0.3, 0.4) is 0 Å². The molecule has 220 valence electrons. The Kier molecular flexibility index (Phi) is 9.50. The van der Waals surface area contributed by atoms with Gasteiger partial charge in [0.1, 0.15) is 40.5 Å².